The van der Waals surface area contributed by atoms with E-state index in [1.807, 2.05) is 31.2 Å². The van der Waals surface area contributed by atoms with Crippen molar-refractivity contribution in [2.75, 3.05) is 24.7 Å². The van der Waals surface area contributed by atoms with Gasteiger partial charge in [-0.25, -0.2) is 8.42 Å². The number of aromatic nitrogens is 2. The first-order chi connectivity index (χ1) is 13.6. The molecule has 0 atom stereocenters. The van der Waals surface area contributed by atoms with E-state index in [4.69, 9.17) is 4.52 Å². The number of hydrogen-bond donors (Lipinski definition) is 0. The van der Waals surface area contributed by atoms with Gasteiger partial charge in [0.15, 0.2) is 0 Å². The molecular formula is C20H22N4O4S. The molecule has 0 aliphatic heterocycles. The Balaban J connectivity index is 1.75. The molecule has 1 amide bonds. The molecule has 0 radical (unpaired) electrons. The second-order valence-corrected chi connectivity index (χ2v) is 8.84. The van der Waals surface area contributed by atoms with Gasteiger partial charge in [-0.15, -0.1) is 0 Å². The molecule has 0 saturated carbocycles. The minimum atomic E-state index is -3.42. The highest BCUT2D eigenvalue weighted by atomic mass is 32.2. The van der Waals surface area contributed by atoms with Crippen LogP contribution in [0.3, 0.4) is 0 Å². The molecule has 2 aromatic carbocycles. The lowest BCUT2D eigenvalue weighted by atomic mass is 10.1. The van der Waals surface area contributed by atoms with Gasteiger partial charge in [0.2, 0.25) is 21.7 Å². The Hall–Kier alpha value is -3.20. The van der Waals surface area contributed by atoms with Crippen molar-refractivity contribution >= 4 is 21.6 Å². The Morgan fingerprint density at radius 3 is 2.52 bits per heavy atom. The third kappa shape index (κ3) is 4.80. The number of hydrogen-bond acceptors (Lipinski definition) is 6. The Morgan fingerprint density at radius 2 is 1.83 bits per heavy atom. The molecule has 0 fully saturated rings. The number of sulfonamides is 1. The molecule has 0 aliphatic carbocycles. The number of benzene rings is 2. The van der Waals surface area contributed by atoms with Crippen LogP contribution in [-0.2, 0) is 16.6 Å². The number of carbonyl (C=O) groups excluding carboxylic acids is 1. The summed E-state index contributed by atoms with van der Waals surface area (Å²) in [5.41, 5.74) is 2.69. The third-order valence-corrected chi connectivity index (χ3v) is 5.62. The molecule has 0 aliphatic rings. The highest BCUT2D eigenvalue weighted by Gasteiger charge is 2.18. The Bertz CT molecular complexity index is 1140. The number of carbonyl (C=O) groups is 1. The molecule has 8 nitrogen and oxygen atoms in total. The summed E-state index contributed by atoms with van der Waals surface area (Å²) < 4.78 is 29.9. The lowest BCUT2D eigenvalue weighted by Crippen LogP contribution is -2.28. The van der Waals surface area contributed by atoms with Crippen LogP contribution in [-0.4, -0.2) is 49.7 Å². The number of nitrogens with zero attached hydrogens (tertiary/aromatic N) is 4. The van der Waals surface area contributed by atoms with Crippen LogP contribution in [0.4, 0.5) is 5.69 Å². The number of rotatable bonds is 6. The van der Waals surface area contributed by atoms with Gasteiger partial charge in [-0.05, 0) is 31.2 Å². The van der Waals surface area contributed by atoms with Gasteiger partial charge in [0.05, 0.1) is 18.5 Å². The second-order valence-electron chi connectivity index (χ2n) is 6.82. The van der Waals surface area contributed by atoms with Crippen LogP contribution in [0.2, 0.25) is 0 Å². The van der Waals surface area contributed by atoms with Crippen LogP contribution in [0.15, 0.2) is 53.1 Å². The molecule has 152 valence electrons. The van der Waals surface area contributed by atoms with E-state index in [-0.39, 0.29) is 12.5 Å². The summed E-state index contributed by atoms with van der Waals surface area (Å²) in [4.78, 5) is 18.6. The largest absolute Gasteiger partial charge is 0.337 e. The molecule has 1 heterocycles. The average Bonchev–Trinajstić information content (AvgIpc) is 3.14. The van der Waals surface area contributed by atoms with Crippen molar-refractivity contribution in [1.82, 2.24) is 15.0 Å². The quantitative estimate of drug-likeness (QED) is 0.615. The maximum atomic E-state index is 12.8. The monoisotopic (exact) mass is 414 g/mol. The lowest BCUT2D eigenvalue weighted by molar-refractivity contribution is 0.0769. The van der Waals surface area contributed by atoms with Crippen molar-refractivity contribution in [3.8, 4) is 11.4 Å². The van der Waals surface area contributed by atoms with Crippen LogP contribution >= 0.6 is 0 Å². The summed E-state index contributed by atoms with van der Waals surface area (Å²) in [5.74, 6) is 0.479. The minimum Gasteiger partial charge on any atom is -0.337 e. The second kappa shape index (κ2) is 8.04. The minimum absolute atomic E-state index is 0.129. The van der Waals surface area contributed by atoms with Crippen LogP contribution in [0.5, 0.6) is 0 Å². The van der Waals surface area contributed by atoms with Crippen LogP contribution in [0, 0.1) is 6.92 Å². The maximum absolute atomic E-state index is 12.8. The fourth-order valence-corrected chi connectivity index (χ4v) is 3.24. The highest BCUT2D eigenvalue weighted by molar-refractivity contribution is 7.92. The number of amides is 1. The maximum Gasteiger partial charge on any atom is 0.254 e. The summed E-state index contributed by atoms with van der Waals surface area (Å²) in [6.45, 7) is 2.11. The molecule has 0 unspecified atom stereocenters. The summed E-state index contributed by atoms with van der Waals surface area (Å²) in [5, 5.41) is 3.98. The van der Waals surface area contributed by atoms with Gasteiger partial charge < -0.3 is 9.42 Å². The smallest absolute Gasteiger partial charge is 0.254 e. The van der Waals surface area contributed by atoms with Gasteiger partial charge in [-0.2, -0.15) is 4.98 Å². The van der Waals surface area contributed by atoms with Crippen molar-refractivity contribution in [3.05, 3.63) is 65.5 Å². The Labute approximate surface area is 169 Å². The molecular weight excluding hydrogens is 392 g/mol. The van der Waals surface area contributed by atoms with Crippen LogP contribution in [0.25, 0.3) is 11.4 Å². The van der Waals surface area contributed by atoms with Crippen molar-refractivity contribution in [1.29, 1.82) is 0 Å². The molecule has 9 heteroatoms. The zero-order chi connectivity index (χ0) is 21.2. The third-order valence-electron chi connectivity index (χ3n) is 4.42. The van der Waals surface area contributed by atoms with Crippen molar-refractivity contribution in [3.63, 3.8) is 0 Å². The SMILES string of the molecule is Cc1cccc(-c2noc(CN(C)C(=O)c3cccc(N(C)S(C)(=O)=O)c3)n2)c1. The zero-order valence-electron chi connectivity index (χ0n) is 16.7. The fourth-order valence-electron chi connectivity index (χ4n) is 2.74. The average molecular weight is 414 g/mol. The van der Waals surface area contributed by atoms with E-state index >= 15 is 0 Å². The van der Waals surface area contributed by atoms with Gasteiger partial charge in [0.1, 0.15) is 0 Å². The summed E-state index contributed by atoms with van der Waals surface area (Å²) in [6, 6.07) is 14.2. The molecule has 29 heavy (non-hydrogen) atoms. The van der Waals surface area contributed by atoms with E-state index in [9.17, 15) is 13.2 Å². The topological polar surface area (TPSA) is 96.6 Å². The molecule has 0 N–H and O–H groups in total. The lowest BCUT2D eigenvalue weighted by Gasteiger charge is -2.19. The summed E-state index contributed by atoms with van der Waals surface area (Å²) in [6.07, 6.45) is 1.11. The molecule has 3 aromatic rings. The predicted molar refractivity (Wildman–Crippen MR) is 110 cm³/mol. The standard InChI is InChI=1S/C20H22N4O4S/c1-14-7-5-8-15(11-14)19-21-18(28-22-19)13-23(2)20(25)16-9-6-10-17(12-16)24(3)29(4,26)27/h5-12H,13H2,1-4H3. The van der Waals surface area contributed by atoms with Crippen LogP contribution in [0.1, 0.15) is 21.8 Å². The molecule has 0 spiro atoms. The van der Waals surface area contributed by atoms with Gasteiger partial charge in [-0.1, -0.05) is 35.0 Å². The Kier molecular flexibility index (Phi) is 5.69. The van der Waals surface area contributed by atoms with Crippen molar-refractivity contribution in [2.24, 2.45) is 0 Å². The first kappa shape index (κ1) is 20.5. The van der Waals surface area contributed by atoms with Gasteiger partial charge >= 0.3 is 0 Å². The first-order valence-corrected chi connectivity index (χ1v) is 10.7. The fraction of sp³-hybridized carbons (Fsp3) is 0.250. The van der Waals surface area contributed by atoms with Crippen molar-refractivity contribution in [2.45, 2.75) is 13.5 Å². The highest BCUT2D eigenvalue weighted by Crippen LogP contribution is 2.20. The summed E-state index contributed by atoms with van der Waals surface area (Å²) >= 11 is 0. The Morgan fingerprint density at radius 1 is 1.10 bits per heavy atom. The van der Waals surface area contributed by atoms with E-state index < -0.39 is 10.0 Å². The number of anilines is 1. The van der Waals surface area contributed by atoms with Crippen molar-refractivity contribution < 1.29 is 17.7 Å². The first-order valence-electron chi connectivity index (χ1n) is 8.84. The van der Waals surface area contributed by atoms with Crippen LogP contribution < -0.4 is 4.31 Å². The van der Waals surface area contributed by atoms with E-state index in [0.29, 0.717) is 23.0 Å². The zero-order valence-corrected chi connectivity index (χ0v) is 17.5. The summed E-state index contributed by atoms with van der Waals surface area (Å²) in [7, 11) is -0.363. The number of aryl methyl sites for hydroxylation is 1. The molecule has 3 rings (SSSR count). The van der Waals surface area contributed by atoms with E-state index in [1.165, 1.54) is 18.0 Å². The normalized spacial score (nSPS) is 11.3. The van der Waals surface area contributed by atoms with E-state index in [2.05, 4.69) is 10.1 Å². The molecule has 1 aromatic heterocycles. The van der Waals surface area contributed by atoms with E-state index in [1.54, 1.807) is 25.2 Å². The predicted octanol–water partition coefficient (Wildman–Crippen LogP) is 2.71. The molecule has 0 bridgehead atoms. The van der Waals surface area contributed by atoms with Gasteiger partial charge in [0, 0.05) is 25.2 Å². The van der Waals surface area contributed by atoms with Gasteiger partial charge in [0.25, 0.3) is 5.91 Å². The van der Waals surface area contributed by atoms with E-state index in [0.717, 1.165) is 21.7 Å². The van der Waals surface area contributed by atoms with Gasteiger partial charge in [-0.3, -0.25) is 9.10 Å². The molecule has 0 saturated heterocycles.